The van der Waals surface area contributed by atoms with E-state index in [0.717, 1.165) is 37.0 Å². The fourth-order valence-electron chi connectivity index (χ4n) is 1.81. The first kappa shape index (κ1) is 29.0. The highest BCUT2D eigenvalue weighted by Crippen LogP contribution is 2.07. The highest BCUT2D eigenvalue weighted by Gasteiger charge is 2.26. The van der Waals surface area contributed by atoms with E-state index in [1.54, 1.807) is 13.8 Å². The van der Waals surface area contributed by atoms with Gasteiger partial charge in [0.25, 0.3) is 0 Å². The number of hydrogen-bond acceptors (Lipinski definition) is 4. The first-order chi connectivity index (χ1) is 10.6. The number of nitrogens with one attached hydrogen (secondary N) is 2. The molecule has 2 N–H and O–H groups in total. The molecule has 1 atom stereocenters. The molecule has 0 rings (SSSR count). The highest BCUT2D eigenvalue weighted by molar-refractivity contribution is 5.86. The van der Waals surface area contributed by atoms with Crippen LogP contribution >= 0.6 is 0 Å². The Balaban J connectivity index is -0.00000242. The summed E-state index contributed by atoms with van der Waals surface area (Å²) in [5.41, 5.74) is -0.837. The van der Waals surface area contributed by atoms with E-state index in [2.05, 4.69) is 54.7 Å². The SMILES string of the molecule is C.CCCNCC(C)N=C=NC(C)(C)C(=O)NCCC[N+](C)(C)C.[Br-]. The maximum Gasteiger partial charge on any atom is 0.248 e. The van der Waals surface area contributed by atoms with Gasteiger partial charge >= 0.3 is 0 Å². The lowest BCUT2D eigenvalue weighted by molar-refractivity contribution is -0.870. The van der Waals surface area contributed by atoms with Crippen LogP contribution in [0.1, 0.15) is 48.0 Å². The second kappa shape index (κ2) is 14.4. The summed E-state index contributed by atoms with van der Waals surface area (Å²) < 4.78 is 0.897. The molecular weight excluding hydrogens is 382 g/mol. The van der Waals surface area contributed by atoms with Gasteiger partial charge in [-0.2, -0.15) is 0 Å². The van der Waals surface area contributed by atoms with E-state index in [9.17, 15) is 4.79 Å². The van der Waals surface area contributed by atoms with Gasteiger partial charge in [-0.15, -0.1) is 0 Å². The van der Waals surface area contributed by atoms with Crippen LogP contribution < -0.4 is 27.6 Å². The Labute approximate surface area is 165 Å². The lowest BCUT2D eigenvalue weighted by Gasteiger charge is -2.24. The molecule has 7 heteroatoms. The molecule has 0 aromatic heterocycles. The van der Waals surface area contributed by atoms with Gasteiger partial charge in [-0.25, -0.2) is 9.98 Å². The van der Waals surface area contributed by atoms with Crippen molar-refractivity contribution in [1.82, 2.24) is 10.6 Å². The smallest absolute Gasteiger partial charge is 0.248 e. The summed E-state index contributed by atoms with van der Waals surface area (Å²) in [7, 11) is 6.43. The molecule has 6 nitrogen and oxygen atoms in total. The molecule has 0 spiro atoms. The molecule has 0 aromatic carbocycles. The lowest BCUT2D eigenvalue weighted by atomic mass is 10.1. The van der Waals surface area contributed by atoms with Crippen LogP contribution in [0.5, 0.6) is 0 Å². The number of amides is 1. The Morgan fingerprint density at radius 1 is 1.24 bits per heavy atom. The van der Waals surface area contributed by atoms with Gasteiger partial charge in [0.2, 0.25) is 5.91 Å². The fourth-order valence-corrected chi connectivity index (χ4v) is 1.81. The van der Waals surface area contributed by atoms with Crippen LogP contribution in [0.15, 0.2) is 9.98 Å². The van der Waals surface area contributed by atoms with E-state index < -0.39 is 5.54 Å². The van der Waals surface area contributed by atoms with Gasteiger partial charge in [-0.1, -0.05) is 14.4 Å². The van der Waals surface area contributed by atoms with Crippen molar-refractivity contribution in [1.29, 1.82) is 0 Å². The van der Waals surface area contributed by atoms with Crippen molar-refractivity contribution in [2.75, 3.05) is 47.3 Å². The van der Waals surface area contributed by atoms with Crippen LogP contribution in [-0.4, -0.2) is 75.3 Å². The second-order valence-corrected chi connectivity index (χ2v) is 7.58. The third kappa shape index (κ3) is 16.5. The normalized spacial score (nSPS) is 12.1. The molecular formula is C18H40BrN5O. The van der Waals surface area contributed by atoms with Gasteiger partial charge in [-0.3, -0.25) is 4.79 Å². The van der Waals surface area contributed by atoms with E-state index in [-0.39, 0.29) is 36.4 Å². The number of rotatable bonds is 11. The van der Waals surface area contributed by atoms with Gasteiger partial charge in [0, 0.05) is 19.5 Å². The zero-order valence-corrected chi connectivity index (χ0v) is 18.0. The van der Waals surface area contributed by atoms with Gasteiger partial charge in [0.1, 0.15) is 5.54 Å². The number of carbonyl (C=O) groups is 1. The lowest BCUT2D eigenvalue weighted by Crippen LogP contribution is -3.00. The van der Waals surface area contributed by atoms with Crippen molar-refractivity contribution in [3.05, 3.63) is 0 Å². The molecule has 0 saturated carbocycles. The molecule has 25 heavy (non-hydrogen) atoms. The number of quaternary nitrogens is 1. The predicted molar refractivity (Wildman–Crippen MR) is 104 cm³/mol. The Morgan fingerprint density at radius 2 is 1.84 bits per heavy atom. The molecule has 0 saturated heterocycles. The van der Waals surface area contributed by atoms with E-state index in [1.165, 1.54) is 0 Å². The van der Waals surface area contributed by atoms with Gasteiger partial charge in [0.05, 0.1) is 39.7 Å². The minimum absolute atomic E-state index is 0. The Bertz CT molecular complexity index is 412. The summed E-state index contributed by atoms with van der Waals surface area (Å²) in [6.45, 7) is 11.2. The van der Waals surface area contributed by atoms with E-state index >= 15 is 0 Å². The summed E-state index contributed by atoms with van der Waals surface area (Å²) in [6.07, 6.45) is 2.05. The van der Waals surface area contributed by atoms with Crippen LogP contribution in [0.4, 0.5) is 0 Å². The summed E-state index contributed by atoms with van der Waals surface area (Å²) in [5.74, 6) is -0.0848. The minimum Gasteiger partial charge on any atom is -1.00 e. The van der Waals surface area contributed by atoms with E-state index in [4.69, 9.17) is 0 Å². The quantitative estimate of drug-likeness (QED) is 0.260. The largest absolute Gasteiger partial charge is 1.00 e. The first-order valence-electron chi connectivity index (χ1n) is 8.54. The van der Waals surface area contributed by atoms with Crippen molar-refractivity contribution >= 4 is 11.9 Å². The average molecular weight is 422 g/mol. The Hall–Kier alpha value is -0.750. The monoisotopic (exact) mass is 421 g/mol. The van der Waals surface area contributed by atoms with Crippen molar-refractivity contribution in [2.45, 2.75) is 59.5 Å². The number of nitrogens with zero attached hydrogens (tertiary/aromatic N) is 3. The maximum absolute atomic E-state index is 12.2. The third-order valence-electron chi connectivity index (χ3n) is 3.32. The van der Waals surface area contributed by atoms with Crippen LogP contribution in [-0.2, 0) is 4.79 Å². The van der Waals surface area contributed by atoms with Crippen LogP contribution in [0.2, 0.25) is 0 Å². The summed E-state index contributed by atoms with van der Waals surface area (Å²) in [4.78, 5) is 20.6. The van der Waals surface area contributed by atoms with Crippen LogP contribution in [0.25, 0.3) is 0 Å². The van der Waals surface area contributed by atoms with Crippen molar-refractivity contribution < 1.29 is 26.3 Å². The van der Waals surface area contributed by atoms with Gasteiger partial charge in [-0.05, 0) is 33.7 Å². The topological polar surface area (TPSA) is 65.8 Å². The summed E-state index contributed by atoms with van der Waals surface area (Å²) in [6, 6.07) is 2.80. The van der Waals surface area contributed by atoms with Crippen molar-refractivity contribution in [3.8, 4) is 0 Å². The Morgan fingerprint density at radius 3 is 2.36 bits per heavy atom. The van der Waals surface area contributed by atoms with Crippen molar-refractivity contribution in [2.24, 2.45) is 9.98 Å². The maximum atomic E-state index is 12.2. The standard InChI is InChI=1S/C17H35N5O.CH4.BrH/c1-8-10-18-13-15(2)20-14-21-17(3,4)16(23)19-11-9-12-22(5,6)7;;/h15,18H,8-13H2,1-7H3;1H4;1H. The number of halogens is 1. The summed E-state index contributed by atoms with van der Waals surface area (Å²) >= 11 is 0. The number of hydrogen-bond donors (Lipinski definition) is 2. The molecule has 0 radical (unpaired) electrons. The molecule has 0 bridgehead atoms. The van der Waals surface area contributed by atoms with E-state index in [0.29, 0.717) is 6.54 Å². The first-order valence-corrected chi connectivity index (χ1v) is 8.54. The number of aliphatic imine (C=N–C) groups is 2. The predicted octanol–water partition coefficient (Wildman–Crippen LogP) is -0.820. The van der Waals surface area contributed by atoms with Gasteiger partial charge < -0.3 is 32.1 Å². The molecule has 0 fully saturated rings. The zero-order chi connectivity index (χ0) is 17.9. The molecule has 1 unspecified atom stereocenters. The molecule has 0 aliphatic rings. The molecule has 150 valence electrons. The fraction of sp³-hybridized carbons (Fsp3) is 0.889. The minimum atomic E-state index is -0.837. The van der Waals surface area contributed by atoms with E-state index in [1.807, 2.05) is 6.92 Å². The second-order valence-electron chi connectivity index (χ2n) is 7.58. The zero-order valence-electron chi connectivity index (χ0n) is 16.4. The Kier molecular flexibility index (Phi) is 16.7. The average Bonchev–Trinajstić information content (AvgIpc) is 2.42. The molecule has 1 amide bonds. The molecule has 0 heterocycles. The number of carbonyl (C=O) groups excluding carboxylic acids is 1. The molecule has 0 aromatic rings. The third-order valence-corrected chi connectivity index (χ3v) is 3.32. The highest BCUT2D eigenvalue weighted by atomic mass is 79.9. The summed E-state index contributed by atoms with van der Waals surface area (Å²) in [5, 5.41) is 6.23. The molecule has 0 aliphatic carbocycles. The van der Waals surface area contributed by atoms with Crippen molar-refractivity contribution in [3.63, 3.8) is 0 Å². The van der Waals surface area contributed by atoms with Gasteiger partial charge in [0.15, 0.2) is 0 Å². The molecule has 0 aliphatic heterocycles. The van der Waals surface area contributed by atoms with Crippen LogP contribution in [0.3, 0.4) is 0 Å². The van der Waals surface area contributed by atoms with Crippen LogP contribution in [0, 0.1) is 0 Å².